The molecule has 0 aliphatic heterocycles. The normalized spacial score (nSPS) is 17.5. The van der Waals surface area contributed by atoms with E-state index < -0.39 is 0 Å². The summed E-state index contributed by atoms with van der Waals surface area (Å²) >= 11 is 6.01. The Hall–Kier alpha value is -1.06. The van der Waals surface area contributed by atoms with Gasteiger partial charge in [-0.3, -0.25) is 4.99 Å². The highest BCUT2D eigenvalue weighted by atomic mass is 35.5. The Bertz CT molecular complexity index is 423. The fourth-order valence-electron chi connectivity index (χ4n) is 2.25. The van der Waals surface area contributed by atoms with Gasteiger partial charge in [-0.2, -0.15) is 0 Å². The highest BCUT2D eigenvalue weighted by Crippen LogP contribution is 2.22. The van der Waals surface area contributed by atoms with Gasteiger partial charge in [0.2, 0.25) is 0 Å². The molecule has 3 nitrogen and oxygen atoms in total. The third-order valence-corrected chi connectivity index (χ3v) is 3.46. The van der Waals surface area contributed by atoms with Crippen LogP contribution in [0.1, 0.15) is 36.8 Å². The van der Waals surface area contributed by atoms with Crippen LogP contribution < -0.4 is 11.3 Å². The first-order chi connectivity index (χ1) is 8.20. The van der Waals surface area contributed by atoms with Crippen molar-refractivity contribution in [2.24, 2.45) is 10.8 Å². The summed E-state index contributed by atoms with van der Waals surface area (Å²) in [6.45, 7) is 2.03. The molecule has 0 heterocycles. The number of hydrogen-bond acceptors (Lipinski definition) is 2. The highest BCUT2D eigenvalue weighted by molar-refractivity contribution is 6.31. The van der Waals surface area contributed by atoms with Crippen LogP contribution in [0.3, 0.4) is 0 Å². The molecule has 1 aromatic carbocycles. The number of amidine groups is 1. The molecule has 0 amide bonds. The van der Waals surface area contributed by atoms with Crippen molar-refractivity contribution >= 4 is 17.4 Å². The minimum Gasteiger partial charge on any atom is -0.308 e. The Morgan fingerprint density at radius 1 is 1.41 bits per heavy atom. The van der Waals surface area contributed by atoms with Gasteiger partial charge in [-0.15, -0.1) is 0 Å². The Morgan fingerprint density at radius 3 is 2.76 bits per heavy atom. The number of nitrogens with two attached hydrogens (primary N) is 1. The zero-order valence-electron chi connectivity index (χ0n) is 10.0. The van der Waals surface area contributed by atoms with Crippen molar-refractivity contribution in [2.75, 3.05) is 0 Å². The van der Waals surface area contributed by atoms with E-state index in [1.165, 1.54) is 12.8 Å². The predicted octanol–water partition coefficient (Wildman–Crippen LogP) is 2.80. The van der Waals surface area contributed by atoms with Gasteiger partial charge in [-0.1, -0.05) is 30.5 Å². The molecule has 1 aliphatic rings. The van der Waals surface area contributed by atoms with Gasteiger partial charge in [-0.25, -0.2) is 5.84 Å². The van der Waals surface area contributed by atoms with Gasteiger partial charge >= 0.3 is 0 Å². The van der Waals surface area contributed by atoms with Crippen LogP contribution in [0.2, 0.25) is 5.02 Å². The summed E-state index contributed by atoms with van der Waals surface area (Å²) in [5, 5.41) is 0.708. The SMILES string of the molecule is Cc1ccc(Cl)cc1C(=NC1CCCC1)NN. The number of aryl methyl sites for hydroxylation is 1. The molecule has 1 aromatic rings. The van der Waals surface area contributed by atoms with Crippen molar-refractivity contribution in [1.82, 2.24) is 5.43 Å². The summed E-state index contributed by atoms with van der Waals surface area (Å²) < 4.78 is 0. The standard InChI is InChI=1S/C13H18ClN3/c1-9-6-7-10(14)8-12(9)13(17-15)16-11-4-2-3-5-11/h6-8,11H,2-5,15H2,1H3,(H,16,17). The van der Waals surface area contributed by atoms with E-state index in [2.05, 4.69) is 10.4 Å². The fourth-order valence-corrected chi connectivity index (χ4v) is 2.42. The number of halogens is 1. The average molecular weight is 252 g/mol. The smallest absolute Gasteiger partial charge is 0.143 e. The topological polar surface area (TPSA) is 50.4 Å². The fraction of sp³-hybridized carbons (Fsp3) is 0.462. The van der Waals surface area contributed by atoms with E-state index in [9.17, 15) is 0 Å². The summed E-state index contributed by atoms with van der Waals surface area (Å²) in [5.74, 6) is 6.33. The van der Waals surface area contributed by atoms with Crippen molar-refractivity contribution < 1.29 is 0 Å². The van der Waals surface area contributed by atoms with Crippen LogP contribution in [0.5, 0.6) is 0 Å². The Balaban J connectivity index is 2.30. The second-order valence-corrected chi connectivity index (χ2v) is 4.96. The van der Waals surface area contributed by atoms with E-state index in [0.29, 0.717) is 11.1 Å². The second kappa shape index (κ2) is 5.52. The maximum atomic E-state index is 6.01. The lowest BCUT2D eigenvalue weighted by Crippen LogP contribution is -2.32. The van der Waals surface area contributed by atoms with E-state index in [1.54, 1.807) is 0 Å². The first kappa shape index (κ1) is 12.4. The largest absolute Gasteiger partial charge is 0.308 e. The molecule has 0 unspecified atom stereocenters. The lowest BCUT2D eigenvalue weighted by Gasteiger charge is -2.12. The van der Waals surface area contributed by atoms with Crippen LogP contribution in [0, 0.1) is 6.92 Å². The van der Waals surface area contributed by atoms with Crippen LogP contribution in [0.4, 0.5) is 0 Å². The van der Waals surface area contributed by atoms with Crippen LogP contribution in [-0.4, -0.2) is 11.9 Å². The Morgan fingerprint density at radius 2 is 2.12 bits per heavy atom. The molecule has 92 valence electrons. The zero-order chi connectivity index (χ0) is 12.3. The van der Waals surface area contributed by atoms with Crippen molar-refractivity contribution in [3.63, 3.8) is 0 Å². The lowest BCUT2D eigenvalue weighted by molar-refractivity contribution is 0.700. The monoisotopic (exact) mass is 251 g/mol. The van der Waals surface area contributed by atoms with Gasteiger partial charge in [0.15, 0.2) is 0 Å². The summed E-state index contributed by atoms with van der Waals surface area (Å²) in [5.41, 5.74) is 4.83. The summed E-state index contributed by atoms with van der Waals surface area (Å²) in [6, 6.07) is 6.17. The first-order valence-corrected chi connectivity index (χ1v) is 6.39. The van der Waals surface area contributed by atoms with Crippen LogP contribution in [0.25, 0.3) is 0 Å². The molecule has 2 rings (SSSR count). The van der Waals surface area contributed by atoms with E-state index in [0.717, 1.165) is 29.8 Å². The molecule has 1 aliphatic carbocycles. The van der Waals surface area contributed by atoms with Crippen LogP contribution >= 0.6 is 11.6 Å². The quantitative estimate of drug-likeness (QED) is 0.368. The number of hydrogen-bond donors (Lipinski definition) is 2. The highest BCUT2D eigenvalue weighted by Gasteiger charge is 2.16. The molecule has 0 bridgehead atoms. The molecule has 1 fully saturated rings. The zero-order valence-corrected chi connectivity index (χ0v) is 10.8. The van der Waals surface area contributed by atoms with Crippen molar-refractivity contribution in [3.8, 4) is 0 Å². The van der Waals surface area contributed by atoms with Gasteiger partial charge in [-0.05, 0) is 37.5 Å². The number of aliphatic imine (C=N–C) groups is 1. The first-order valence-electron chi connectivity index (χ1n) is 6.01. The van der Waals surface area contributed by atoms with E-state index in [-0.39, 0.29) is 0 Å². The number of rotatable bonds is 2. The van der Waals surface area contributed by atoms with E-state index in [4.69, 9.17) is 17.4 Å². The maximum Gasteiger partial charge on any atom is 0.143 e. The van der Waals surface area contributed by atoms with Gasteiger partial charge in [0.1, 0.15) is 5.84 Å². The van der Waals surface area contributed by atoms with Gasteiger partial charge in [0, 0.05) is 10.6 Å². The molecular formula is C13H18ClN3. The second-order valence-electron chi connectivity index (χ2n) is 4.52. The van der Waals surface area contributed by atoms with Crippen molar-refractivity contribution in [3.05, 3.63) is 34.3 Å². The van der Waals surface area contributed by atoms with E-state index >= 15 is 0 Å². The van der Waals surface area contributed by atoms with Crippen LogP contribution in [-0.2, 0) is 0 Å². The van der Waals surface area contributed by atoms with Gasteiger partial charge in [0.05, 0.1) is 6.04 Å². The number of benzene rings is 1. The summed E-state index contributed by atoms with van der Waals surface area (Å²) in [4.78, 5) is 4.69. The minimum absolute atomic E-state index is 0.402. The Kier molecular flexibility index (Phi) is 4.02. The summed E-state index contributed by atoms with van der Waals surface area (Å²) in [6.07, 6.45) is 4.84. The molecule has 3 N–H and O–H groups in total. The maximum absolute atomic E-state index is 6.01. The molecule has 0 atom stereocenters. The minimum atomic E-state index is 0.402. The lowest BCUT2D eigenvalue weighted by atomic mass is 10.1. The molecular weight excluding hydrogens is 234 g/mol. The predicted molar refractivity (Wildman–Crippen MR) is 72.3 cm³/mol. The average Bonchev–Trinajstić information content (AvgIpc) is 2.82. The summed E-state index contributed by atoms with van der Waals surface area (Å²) in [7, 11) is 0. The molecule has 1 saturated carbocycles. The number of hydrazine groups is 1. The molecule has 0 radical (unpaired) electrons. The molecule has 0 spiro atoms. The van der Waals surface area contributed by atoms with Crippen molar-refractivity contribution in [1.29, 1.82) is 0 Å². The molecule has 0 saturated heterocycles. The van der Waals surface area contributed by atoms with Crippen LogP contribution in [0.15, 0.2) is 23.2 Å². The molecule has 4 heteroatoms. The van der Waals surface area contributed by atoms with Crippen molar-refractivity contribution in [2.45, 2.75) is 38.6 Å². The number of nitrogens with zero attached hydrogens (tertiary/aromatic N) is 1. The van der Waals surface area contributed by atoms with Gasteiger partial charge < -0.3 is 5.43 Å². The Labute approximate surface area is 107 Å². The molecule has 0 aromatic heterocycles. The third-order valence-electron chi connectivity index (χ3n) is 3.23. The molecule has 17 heavy (non-hydrogen) atoms. The number of nitrogens with one attached hydrogen (secondary N) is 1. The third kappa shape index (κ3) is 2.99. The van der Waals surface area contributed by atoms with E-state index in [1.807, 2.05) is 25.1 Å². The van der Waals surface area contributed by atoms with Gasteiger partial charge in [0.25, 0.3) is 0 Å².